The van der Waals surface area contributed by atoms with Crippen LogP contribution in [0.25, 0.3) is 0 Å². The summed E-state index contributed by atoms with van der Waals surface area (Å²) >= 11 is 0. The van der Waals surface area contributed by atoms with E-state index < -0.39 is 24.9 Å². The molecule has 0 radical (unpaired) electrons. The number of anilines is 1. The molecule has 0 aliphatic carbocycles. The van der Waals surface area contributed by atoms with Gasteiger partial charge in [0.25, 0.3) is 0 Å². The molecule has 0 aliphatic heterocycles. The largest absolute Gasteiger partial charge is 0.394 e. The van der Waals surface area contributed by atoms with Gasteiger partial charge in [-0.05, 0) is 0 Å². The van der Waals surface area contributed by atoms with Crippen molar-refractivity contribution in [3.05, 3.63) is 18.6 Å². The molecule has 7 heteroatoms. The second-order valence-electron chi connectivity index (χ2n) is 3.28. The standard InChI is InChI=1S/C9H15N3O4/c13-5-7(15)9(16)6(14)3-12-8-4-10-1-2-11-8/h1-2,4,6-7,9,13-16H,3,5H2,(H,11,12)/t6-,7+,9+/m0/s1. The number of nitrogens with zero attached hydrogens (tertiary/aromatic N) is 2. The first-order valence-electron chi connectivity index (χ1n) is 4.80. The third-order valence-corrected chi connectivity index (χ3v) is 2.03. The van der Waals surface area contributed by atoms with Crippen LogP contribution in [0.1, 0.15) is 0 Å². The Kier molecular flexibility index (Phi) is 5.06. The minimum atomic E-state index is -1.41. The Hall–Kier alpha value is -1.28. The molecule has 90 valence electrons. The average molecular weight is 229 g/mol. The molecule has 0 saturated carbocycles. The van der Waals surface area contributed by atoms with Gasteiger partial charge in [-0.25, -0.2) is 4.98 Å². The van der Waals surface area contributed by atoms with E-state index in [1.54, 1.807) is 0 Å². The van der Waals surface area contributed by atoms with Gasteiger partial charge >= 0.3 is 0 Å². The Morgan fingerprint density at radius 3 is 2.50 bits per heavy atom. The molecule has 1 aromatic heterocycles. The zero-order chi connectivity index (χ0) is 12.0. The predicted molar refractivity (Wildman–Crippen MR) is 55.6 cm³/mol. The summed E-state index contributed by atoms with van der Waals surface area (Å²) in [6.07, 6.45) is 0.471. The maximum absolute atomic E-state index is 9.45. The minimum Gasteiger partial charge on any atom is -0.394 e. The number of aliphatic hydroxyl groups excluding tert-OH is 4. The van der Waals surface area contributed by atoms with Crippen LogP contribution >= 0.6 is 0 Å². The summed E-state index contributed by atoms with van der Waals surface area (Å²) in [5, 5.41) is 39.2. The van der Waals surface area contributed by atoms with Crippen LogP contribution in [0.3, 0.4) is 0 Å². The molecule has 0 bridgehead atoms. The Balaban J connectivity index is 2.38. The van der Waals surface area contributed by atoms with E-state index in [-0.39, 0.29) is 6.54 Å². The Morgan fingerprint density at radius 2 is 1.94 bits per heavy atom. The van der Waals surface area contributed by atoms with Crippen molar-refractivity contribution in [1.29, 1.82) is 0 Å². The van der Waals surface area contributed by atoms with Crippen LogP contribution in [0.4, 0.5) is 5.82 Å². The maximum atomic E-state index is 9.45. The lowest BCUT2D eigenvalue weighted by molar-refractivity contribution is -0.0715. The summed E-state index contributed by atoms with van der Waals surface area (Å²) in [5.41, 5.74) is 0. The molecule has 1 rings (SSSR count). The molecule has 0 unspecified atom stereocenters. The monoisotopic (exact) mass is 229 g/mol. The lowest BCUT2D eigenvalue weighted by Crippen LogP contribution is -2.42. The fourth-order valence-corrected chi connectivity index (χ4v) is 1.08. The van der Waals surface area contributed by atoms with E-state index >= 15 is 0 Å². The number of aliphatic hydroxyl groups is 4. The van der Waals surface area contributed by atoms with Crippen molar-refractivity contribution < 1.29 is 20.4 Å². The van der Waals surface area contributed by atoms with E-state index in [0.29, 0.717) is 5.82 Å². The van der Waals surface area contributed by atoms with E-state index in [2.05, 4.69) is 15.3 Å². The van der Waals surface area contributed by atoms with Crippen molar-refractivity contribution in [3.8, 4) is 0 Å². The molecular weight excluding hydrogens is 214 g/mol. The van der Waals surface area contributed by atoms with Crippen molar-refractivity contribution in [2.24, 2.45) is 0 Å². The minimum absolute atomic E-state index is 0.00306. The number of hydrogen-bond acceptors (Lipinski definition) is 7. The third-order valence-electron chi connectivity index (χ3n) is 2.03. The topological polar surface area (TPSA) is 119 Å². The predicted octanol–water partition coefficient (Wildman–Crippen LogP) is -2.04. The van der Waals surface area contributed by atoms with E-state index in [1.807, 2.05) is 0 Å². The molecule has 0 aromatic carbocycles. The maximum Gasteiger partial charge on any atom is 0.144 e. The lowest BCUT2D eigenvalue weighted by atomic mass is 10.1. The third kappa shape index (κ3) is 3.70. The molecule has 1 heterocycles. The normalized spacial score (nSPS) is 16.5. The SMILES string of the molecule is OC[C@@H](O)[C@H](O)[C@@H](O)CNc1cnccn1. The molecule has 16 heavy (non-hydrogen) atoms. The highest BCUT2D eigenvalue weighted by atomic mass is 16.4. The zero-order valence-electron chi connectivity index (χ0n) is 8.56. The van der Waals surface area contributed by atoms with Crippen LogP contribution in [-0.4, -0.2) is 61.9 Å². The number of nitrogens with one attached hydrogen (secondary N) is 1. The summed E-state index contributed by atoms with van der Waals surface area (Å²) in [6.45, 7) is -0.611. The van der Waals surface area contributed by atoms with Crippen LogP contribution in [-0.2, 0) is 0 Å². The highest BCUT2D eigenvalue weighted by Crippen LogP contribution is 2.02. The average Bonchev–Trinajstić information content (AvgIpc) is 2.35. The van der Waals surface area contributed by atoms with Gasteiger partial charge in [-0.3, -0.25) is 4.98 Å². The van der Waals surface area contributed by atoms with Gasteiger partial charge in [0, 0.05) is 18.9 Å². The molecule has 0 spiro atoms. The van der Waals surface area contributed by atoms with E-state index in [9.17, 15) is 10.2 Å². The van der Waals surface area contributed by atoms with Crippen molar-refractivity contribution in [3.63, 3.8) is 0 Å². The molecule has 1 aromatic rings. The summed E-state index contributed by atoms with van der Waals surface area (Å²) < 4.78 is 0. The van der Waals surface area contributed by atoms with Gasteiger partial charge in [-0.1, -0.05) is 0 Å². The summed E-state index contributed by atoms with van der Waals surface area (Å²) in [7, 11) is 0. The quantitative estimate of drug-likeness (QED) is 0.381. The molecule has 3 atom stereocenters. The van der Waals surface area contributed by atoms with E-state index in [1.165, 1.54) is 18.6 Å². The first-order chi connectivity index (χ1) is 7.65. The first kappa shape index (κ1) is 12.8. The zero-order valence-corrected chi connectivity index (χ0v) is 8.56. The number of hydrogen-bond donors (Lipinski definition) is 5. The smallest absolute Gasteiger partial charge is 0.144 e. The van der Waals surface area contributed by atoms with Gasteiger partial charge < -0.3 is 25.7 Å². The van der Waals surface area contributed by atoms with Crippen LogP contribution in [0.15, 0.2) is 18.6 Å². The molecule has 5 N–H and O–H groups in total. The fourth-order valence-electron chi connectivity index (χ4n) is 1.08. The lowest BCUT2D eigenvalue weighted by Gasteiger charge is -2.21. The first-order valence-corrected chi connectivity index (χ1v) is 4.80. The molecule has 0 aliphatic rings. The van der Waals surface area contributed by atoms with Crippen molar-refractivity contribution >= 4 is 5.82 Å². The van der Waals surface area contributed by atoms with Gasteiger partial charge in [0.15, 0.2) is 0 Å². The highest BCUT2D eigenvalue weighted by Gasteiger charge is 2.23. The van der Waals surface area contributed by atoms with Crippen LogP contribution < -0.4 is 5.32 Å². The highest BCUT2D eigenvalue weighted by molar-refractivity contribution is 5.29. The van der Waals surface area contributed by atoms with Crippen molar-refractivity contribution in [2.75, 3.05) is 18.5 Å². The second-order valence-corrected chi connectivity index (χ2v) is 3.28. The molecule has 7 nitrogen and oxygen atoms in total. The van der Waals surface area contributed by atoms with Gasteiger partial charge in [0.05, 0.1) is 18.9 Å². The molecule has 0 amide bonds. The second kappa shape index (κ2) is 6.33. The van der Waals surface area contributed by atoms with Crippen LogP contribution in [0.5, 0.6) is 0 Å². The van der Waals surface area contributed by atoms with Gasteiger partial charge in [0.1, 0.15) is 18.0 Å². The molecule has 0 fully saturated rings. The van der Waals surface area contributed by atoms with Gasteiger partial charge in [-0.15, -0.1) is 0 Å². The van der Waals surface area contributed by atoms with E-state index in [0.717, 1.165) is 0 Å². The Labute approximate surface area is 92.4 Å². The van der Waals surface area contributed by atoms with Crippen molar-refractivity contribution in [2.45, 2.75) is 18.3 Å². The van der Waals surface area contributed by atoms with Gasteiger partial charge in [-0.2, -0.15) is 0 Å². The molecule has 0 saturated heterocycles. The Morgan fingerprint density at radius 1 is 1.19 bits per heavy atom. The number of rotatable bonds is 6. The van der Waals surface area contributed by atoms with E-state index in [4.69, 9.17) is 10.2 Å². The van der Waals surface area contributed by atoms with Crippen molar-refractivity contribution in [1.82, 2.24) is 9.97 Å². The molecular formula is C9H15N3O4. The van der Waals surface area contributed by atoms with Crippen LogP contribution in [0, 0.1) is 0 Å². The fraction of sp³-hybridized carbons (Fsp3) is 0.556. The number of aromatic nitrogens is 2. The summed E-state index contributed by atoms with van der Waals surface area (Å²) in [4.78, 5) is 7.70. The van der Waals surface area contributed by atoms with Crippen LogP contribution in [0.2, 0.25) is 0 Å². The summed E-state index contributed by atoms with van der Waals surface area (Å²) in [5.74, 6) is 0.451. The summed E-state index contributed by atoms with van der Waals surface area (Å²) in [6, 6.07) is 0. The van der Waals surface area contributed by atoms with Gasteiger partial charge in [0.2, 0.25) is 0 Å². The Bertz CT molecular complexity index is 298.